The van der Waals surface area contributed by atoms with Crippen molar-refractivity contribution in [3.05, 3.63) is 23.8 Å². The quantitative estimate of drug-likeness (QED) is 0.856. The van der Waals surface area contributed by atoms with Gasteiger partial charge in [-0.05, 0) is 37.3 Å². The lowest BCUT2D eigenvalue weighted by molar-refractivity contribution is -0.116. The molecule has 1 N–H and O–H groups in total. The van der Waals surface area contributed by atoms with Crippen molar-refractivity contribution in [1.82, 2.24) is 0 Å². The first-order valence-corrected chi connectivity index (χ1v) is 10.7. The summed E-state index contributed by atoms with van der Waals surface area (Å²) in [5, 5.41) is 2.98. The third-order valence-corrected chi connectivity index (χ3v) is 6.33. The van der Waals surface area contributed by atoms with Gasteiger partial charge in [0.15, 0.2) is 0 Å². The Morgan fingerprint density at radius 1 is 1.29 bits per heavy atom. The molecule has 1 saturated carbocycles. The van der Waals surface area contributed by atoms with Gasteiger partial charge in [0.1, 0.15) is 0 Å². The van der Waals surface area contributed by atoms with Crippen molar-refractivity contribution in [2.75, 3.05) is 22.4 Å². The molecule has 0 atom stereocenters. The molecule has 6 heteroatoms. The Kier molecular flexibility index (Phi) is 5.13. The highest BCUT2D eigenvalue weighted by Gasteiger charge is 2.28. The van der Waals surface area contributed by atoms with Crippen molar-refractivity contribution in [3.8, 4) is 0 Å². The number of anilines is 2. The second-order valence-electron chi connectivity index (χ2n) is 6.98. The van der Waals surface area contributed by atoms with E-state index < -0.39 is 10.0 Å². The molecule has 132 valence electrons. The fourth-order valence-electron chi connectivity index (χ4n) is 3.93. The van der Waals surface area contributed by atoms with Gasteiger partial charge in [-0.25, -0.2) is 8.42 Å². The van der Waals surface area contributed by atoms with Gasteiger partial charge < -0.3 is 5.32 Å². The smallest absolute Gasteiger partial charge is 0.232 e. The van der Waals surface area contributed by atoms with Gasteiger partial charge in [0.05, 0.1) is 11.9 Å². The van der Waals surface area contributed by atoms with Crippen LogP contribution in [0.4, 0.5) is 11.4 Å². The van der Waals surface area contributed by atoms with Gasteiger partial charge in [-0.3, -0.25) is 9.10 Å². The van der Waals surface area contributed by atoms with Gasteiger partial charge in [0.2, 0.25) is 15.9 Å². The van der Waals surface area contributed by atoms with Crippen LogP contribution in [0.3, 0.4) is 0 Å². The molecule has 1 heterocycles. The minimum absolute atomic E-state index is 0.0270. The van der Waals surface area contributed by atoms with Crippen LogP contribution in [0.2, 0.25) is 0 Å². The van der Waals surface area contributed by atoms with Gasteiger partial charge in [-0.1, -0.05) is 31.7 Å². The summed E-state index contributed by atoms with van der Waals surface area (Å²) in [6.07, 6.45) is 9.77. The van der Waals surface area contributed by atoms with Crippen LogP contribution in [0.25, 0.3) is 0 Å². The predicted octanol–water partition coefficient (Wildman–Crippen LogP) is 3.31. The zero-order valence-electron chi connectivity index (χ0n) is 14.3. The molecule has 0 aromatic heterocycles. The Hall–Kier alpha value is -1.56. The Bertz CT molecular complexity index is 709. The Labute approximate surface area is 144 Å². The van der Waals surface area contributed by atoms with E-state index in [1.165, 1.54) is 36.2 Å². The summed E-state index contributed by atoms with van der Waals surface area (Å²) in [5.74, 6) is 0.835. The monoisotopic (exact) mass is 350 g/mol. The van der Waals surface area contributed by atoms with E-state index in [4.69, 9.17) is 0 Å². The van der Waals surface area contributed by atoms with Crippen molar-refractivity contribution in [2.45, 2.75) is 51.4 Å². The van der Waals surface area contributed by atoms with Gasteiger partial charge >= 0.3 is 0 Å². The number of carbonyl (C=O) groups excluding carboxylic acids is 1. The number of carbonyl (C=O) groups is 1. The molecule has 0 unspecified atom stereocenters. The SMILES string of the molecule is CS(=O)(=O)N1CCc2c(NC(=O)CCCC3CCCC3)cccc21. The van der Waals surface area contributed by atoms with E-state index >= 15 is 0 Å². The van der Waals surface area contributed by atoms with Crippen molar-refractivity contribution in [1.29, 1.82) is 0 Å². The van der Waals surface area contributed by atoms with Crippen LogP contribution >= 0.6 is 0 Å². The van der Waals surface area contributed by atoms with Gasteiger partial charge in [-0.15, -0.1) is 0 Å². The third kappa shape index (κ3) is 3.91. The number of nitrogens with zero attached hydrogens (tertiary/aromatic N) is 1. The molecule has 24 heavy (non-hydrogen) atoms. The molecule has 1 aromatic rings. The maximum absolute atomic E-state index is 12.2. The minimum atomic E-state index is -3.26. The number of hydrogen-bond acceptors (Lipinski definition) is 3. The first-order chi connectivity index (χ1) is 11.4. The zero-order valence-corrected chi connectivity index (χ0v) is 15.1. The van der Waals surface area contributed by atoms with E-state index in [9.17, 15) is 13.2 Å². The molecule has 1 fully saturated rings. The highest BCUT2D eigenvalue weighted by Crippen LogP contribution is 2.35. The molecule has 3 rings (SSSR count). The largest absolute Gasteiger partial charge is 0.326 e. The molecule has 0 bridgehead atoms. The van der Waals surface area contributed by atoms with E-state index in [1.807, 2.05) is 6.07 Å². The van der Waals surface area contributed by atoms with Crippen LogP contribution < -0.4 is 9.62 Å². The molecule has 2 aliphatic rings. The normalized spacial score (nSPS) is 18.0. The Morgan fingerprint density at radius 2 is 2.04 bits per heavy atom. The van der Waals surface area contributed by atoms with Crippen LogP contribution in [0.15, 0.2) is 18.2 Å². The molecule has 0 saturated heterocycles. The van der Waals surface area contributed by atoms with Crippen molar-refractivity contribution in [2.24, 2.45) is 5.92 Å². The Morgan fingerprint density at radius 3 is 2.75 bits per heavy atom. The molecule has 1 aliphatic carbocycles. The van der Waals surface area contributed by atoms with Gasteiger partial charge in [0, 0.05) is 24.2 Å². The van der Waals surface area contributed by atoms with Crippen LogP contribution in [-0.2, 0) is 21.2 Å². The van der Waals surface area contributed by atoms with Crippen LogP contribution in [0.5, 0.6) is 0 Å². The van der Waals surface area contributed by atoms with E-state index in [2.05, 4.69) is 5.32 Å². The lowest BCUT2D eigenvalue weighted by Gasteiger charge is -2.17. The van der Waals surface area contributed by atoms with E-state index in [-0.39, 0.29) is 5.91 Å². The summed E-state index contributed by atoms with van der Waals surface area (Å²) in [6.45, 7) is 0.447. The molecule has 0 spiro atoms. The van der Waals surface area contributed by atoms with E-state index in [1.54, 1.807) is 12.1 Å². The molecule has 5 nitrogen and oxygen atoms in total. The first-order valence-electron chi connectivity index (χ1n) is 8.84. The highest BCUT2D eigenvalue weighted by molar-refractivity contribution is 7.92. The summed E-state index contributed by atoms with van der Waals surface area (Å²) in [5.41, 5.74) is 2.37. The molecule has 1 aliphatic heterocycles. The number of benzene rings is 1. The maximum atomic E-state index is 12.2. The first kappa shape index (κ1) is 17.3. The molecule has 1 amide bonds. The summed E-state index contributed by atoms with van der Waals surface area (Å²) in [6, 6.07) is 5.47. The zero-order chi connectivity index (χ0) is 17.2. The number of sulfonamides is 1. The summed E-state index contributed by atoms with van der Waals surface area (Å²) in [4.78, 5) is 12.2. The fraction of sp³-hybridized carbons (Fsp3) is 0.611. The molecular formula is C18H26N2O3S. The number of fused-ring (bicyclic) bond motifs is 1. The molecular weight excluding hydrogens is 324 g/mol. The highest BCUT2D eigenvalue weighted by atomic mass is 32.2. The number of nitrogens with one attached hydrogen (secondary N) is 1. The summed E-state index contributed by atoms with van der Waals surface area (Å²) < 4.78 is 25.1. The second-order valence-corrected chi connectivity index (χ2v) is 8.89. The lowest BCUT2D eigenvalue weighted by atomic mass is 10.0. The molecule has 1 aromatic carbocycles. The average molecular weight is 350 g/mol. The lowest BCUT2D eigenvalue weighted by Crippen LogP contribution is -2.27. The number of rotatable bonds is 6. The number of amides is 1. The van der Waals surface area contributed by atoms with Crippen LogP contribution in [-0.4, -0.2) is 27.1 Å². The van der Waals surface area contributed by atoms with Crippen LogP contribution in [0.1, 0.15) is 50.5 Å². The summed E-state index contributed by atoms with van der Waals surface area (Å²) >= 11 is 0. The fourth-order valence-corrected chi connectivity index (χ4v) is 4.88. The Balaban J connectivity index is 1.59. The minimum Gasteiger partial charge on any atom is -0.326 e. The topological polar surface area (TPSA) is 66.5 Å². The predicted molar refractivity (Wildman–Crippen MR) is 96.8 cm³/mol. The number of hydrogen-bond donors (Lipinski definition) is 1. The third-order valence-electron chi connectivity index (χ3n) is 5.15. The van der Waals surface area contributed by atoms with Crippen molar-refractivity contribution < 1.29 is 13.2 Å². The van der Waals surface area contributed by atoms with Gasteiger partial charge in [0.25, 0.3) is 0 Å². The van der Waals surface area contributed by atoms with E-state index in [0.717, 1.165) is 30.0 Å². The second kappa shape index (κ2) is 7.13. The van der Waals surface area contributed by atoms with Gasteiger partial charge in [-0.2, -0.15) is 0 Å². The summed E-state index contributed by atoms with van der Waals surface area (Å²) in [7, 11) is -3.26. The average Bonchev–Trinajstić information content (AvgIpc) is 3.15. The van der Waals surface area contributed by atoms with E-state index in [0.29, 0.717) is 25.1 Å². The van der Waals surface area contributed by atoms with Crippen molar-refractivity contribution >= 4 is 27.3 Å². The maximum Gasteiger partial charge on any atom is 0.232 e. The molecule has 0 radical (unpaired) electrons. The van der Waals surface area contributed by atoms with Crippen molar-refractivity contribution in [3.63, 3.8) is 0 Å². The van der Waals surface area contributed by atoms with Crippen LogP contribution in [0, 0.1) is 5.92 Å². The standard InChI is InChI=1S/C18H26N2O3S/c1-24(22,23)20-13-12-15-16(9-5-10-17(15)20)19-18(21)11-4-8-14-6-2-3-7-14/h5,9-10,14H,2-4,6-8,11-13H2,1H3,(H,19,21).